The van der Waals surface area contributed by atoms with Crippen LogP contribution in [0.3, 0.4) is 0 Å². The highest BCUT2D eigenvalue weighted by molar-refractivity contribution is 7.17. The number of hydrogen-bond donors (Lipinski definition) is 0. The van der Waals surface area contributed by atoms with E-state index < -0.39 is 0 Å². The number of thiophene rings is 2. The fourth-order valence-corrected chi connectivity index (χ4v) is 4.70. The molecule has 0 spiro atoms. The van der Waals surface area contributed by atoms with Gasteiger partial charge < -0.3 is 4.90 Å². The van der Waals surface area contributed by atoms with Crippen molar-refractivity contribution in [3.63, 3.8) is 0 Å². The van der Waals surface area contributed by atoms with Gasteiger partial charge in [-0.2, -0.15) is 15.8 Å². The normalized spacial score (nSPS) is 13.8. The third-order valence-corrected chi connectivity index (χ3v) is 6.33. The summed E-state index contributed by atoms with van der Waals surface area (Å²) >= 11 is 3.19. The summed E-state index contributed by atoms with van der Waals surface area (Å²) in [5, 5.41) is 28.5. The van der Waals surface area contributed by atoms with Gasteiger partial charge in [-0.3, -0.25) is 0 Å². The molecule has 1 fully saturated rings. The molecule has 0 amide bonds. The molecule has 0 unspecified atom stereocenters. The number of nitriles is 3. The van der Waals surface area contributed by atoms with Gasteiger partial charge in [-0.05, 0) is 55.7 Å². The summed E-state index contributed by atoms with van der Waals surface area (Å²) in [6, 6.07) is 13.5. The Bertz CT molecular complexity index is 951. The van der Waals surface area contributed by atoms with Gasteiger partial charge in [0.15, 0.2) is 0 Å². The number of allylic oxidation sites excluding steroid dienone is 2. The van der Waals surface area contributed by atoms with E-state index in [4.69, 9.17) is 10.5 Å². The lowest BCUT2D eigenvalue weighted by molar-refractivity contribution is 0.580. The van der Waals surface area contributed by atoms with Crippen molar-refractivity contribution in [2.45, 2.75) is 19.3 Å². The van der Waals surface area contributed by atoms with E-state index in [9.17, 15) is 5.26 Å². The van der Waals surface area contributed by atoms with Gasteiger partial charge in [-0.15, -0.1) is 22.7 Å². The molecular formula is C20H16N4S2. The molecule has 0 aromatic carbocycles. The number of piperidine rings is 1. The van der Waals surface area contributed by atoms with Crippen molar-refractivity contribution in [1.82, 2.24) is 0 Å². The van der Waals surface area contributed by atoms with Crippen molar-refractivity contribution in [3.8, 4) is 18.2 Å². The van der Waals surface area contributed by atoms with Crippen molar-refractivity contribution in [2.75, 3.05) is 18.0 Å². The van der Waals surface area contributed by atoms with Crippen LogP contribution in [0.4, 0.5) is 5.00 Å². The van der Waals surface area contributed by atoms with Crippen molar-refractivity contribution >= 4 is 45.4 Å². The van der Waals surface area contributed by atoms with Crippen LogP contribution in [-0.4, -0.2) is 13.1 Å². The second-order valence-corrected chi connectivity index (χ2v) is 8.05. The van der Waals surface area contributed by atoms with E-state index in [0.717, 1.165) is 18.0 Å². The molecule has 0 N–H and O–H groups in total. The molecule has 128 valence electrons. The minimum absolute atomic E-state index is 0.142. The Morgan fingerprint density at radius 2 is 1.50 bits per heavy atom. The van der Waals surface area contributed by atoms with Crippen LogP contribution in [0, 0.1) is 34.0 Å². The summed E-state index contributed by atoms with van der Waals surface area (Å²) in [6.45, 7) is 2.28. The lowest BCUT2D eigenvalue weighted by atomic mass is 10.1. The van der Waals surface area contributed by atoms with E-state index in [1.165, 1.54) is 40.5 Å². The molecule has 3 rings (SSSR count). The van der Waals surface area contributed by atoms with E-state index in [1.807, 2.05) is 18.2 Å². The van der Waals surface area contributed by atoms with Crippen LogP contribution in [-0.2, 0) is 0 Å². The van der Waals surface area contributed by atoms with Crippen molar-refractivity contribution in [1.29, 1.82) is 15.8 Å². The first kappa shape index (κ1) is 18.0. The number of hydrogen-bond acceptors (Lipinski definition) is 6. The maximum Gasteiger partial charge on any atom is 0.148 e. The maximum absolute atomic E-state index is 9.23. The predicted octanol–water partition coefficient (Wildman–Crippen LogP) is 5.29. The van der Waals surface area contributed by atoms with E-state index in [0.29, 0.717) is 4.88 Å². The van der Waals surface area contributed by atoms with Crippen LogP contribution in [0.5, 0.6) is 0 Å². The van der Waals surface area contributed by atoms with E-state index in [-0.39, 0.29) is 11.1 Å². The van der Waals surface area contributed by atoms with Crippen molar-refractivity contribution in [3.05, 3.63) is 44.5 Å². The second kappa shape index (κ2) is 8.50. The zero-order chi connectivity index (χ0) is 18.4. The molecule has 6 heteroatoms. The Labute approximate surface area is 161 Å². The Morgan fingerprint density at radius 1 is 0.846 bits per heavy atom. The zero-order valence-electron chi connectivity index (χ0n) is 14.1. The first-order valence-corrected chi connectivity index (χ1v) is 9.96. The van der Waals surface area contributed by atoms with E-state index in [2.05, 4.69) is 23.1 Å². The molecular weight excluding hydrogens is 360 g/mol. The van der Waals surface area contributed by atoms with Crippen molar-refractivity contribution < 1.29 is 0 Å². The summed E-state index contributed by atoms with van der Waals surface area (Å²) in [5.74, 6) is 0. The van der Waals surface area contributed by atoms with Crippen LogP contribution in [0.2, 0.25) is 0 Å². The van der Waals surface area contributed by atoms with Gasteiger partial charge in [-0.25, -0.2) is 0 Å². The molecule has 0 atom stereocenters. The van der Waals surface area contributed by atoms with Gasteiger partial charge in [0.2, 0.25) is 0 Å². The minimum Gasteiger partial charge on any atom is -0.363 e. The largest absolute Gasteiger partial charge is 0.363 e. The molecule has 0 bridgehead atoms. The van der Waals surface area contributed by atoms with Gasteiger partial charge in [0.25, 0.3) is 0 Å². The van der Waals surface area contributed by atoms with Crippen LogP contribution in [0.25, 0.3) is 17.7 Å². The molecule has 2 aromatic heterocycles. The van der Waals surface area contributed by atoms with Crippen LogP contribution in [0.15, 0.2) is 29.8 Å². The first-order valence-electron chi connectivity index (χ1n) is 8.33. The predicted molar refractivity (Wildman–Crippen MR) is 107 cm³/mol. The SMILES string of the molecule is N#CC(C#N)=C(C#N)c1ccc(/C=C/c2ccc(N3CCCCC3)s2)s1. The molecule has 0 radical (unpaired) electrons. The average Bonchev–Trinajstić information content (AvgIpc) is 3.34. The standard InChI is InChI=1S/C20H16N4S2/c21-12-15(13-22)18(14-23)19-8-6-16(25-19)4-5-17-7-9-20(26-17)24-10-2-1-3-11-24/h4-9H,1-3,10-11H2/b5-4+. The van der Waals surface area contributed by atoms with E-state index >= 15 is 0 Å². The molecule has 0 saturated carbocycles. The molecule has 2 aromatic rings. The minimum atomic E-state index is -0.144. The summed E-state index contributed by atoms with van der Waals surface area (Å²) in [6.07, 6.45) is 7.94. The topological polar surface area (TPSA) is 74.6 Å². The Hall–Kier alpha value is -2.85. The molecule has 3 heterocycles. The number of rotatable bonds is 4. The monoisotopic (exact) mass is 376 g/mol. The molecule has 1 saturated heterocycles. The number of anilines is 1. The Morgan fingerprint density at radius 3 is 2.15 bits per heavy atom. The van der Waals surface area contributed by atoms with Gasteiger partial charge in [0.1, 0.15) is 23.8 Å². The van der Waals surface area contributed by atoms with Crippen LogP contribution >= 0.6 is 22.7 Å². The van der Waals surface area contributed by atoms with Gasteiger partial charge in [0.05, 0.1) is 10.6 Å². The number of nitrogens with zero attached hydrogens (tertiary/aromatic N) is 4. The van der Waals surface area contributed by atoms with Crippen molar-refractivity contribution in [2.24, 2.45) is 0 Å². The molecule has 1 aliphatic heterocycles. The van der Waals surface area contributed by atoms with E-state index in [1.54, 1.807) is 29.5 Å². The lowest BCUT2D eigenvalue weighted by Gasteiger charge is -2.27. The summed E-state index contributed by atoms with van der Waals surface area (Å²) in [7, 11) is 0. The highest BCUT2D eigenvalue weighted by Gasteiger charge is 2.13. The third kappa shape index (κ3) is 4.03. The molecule has 0 aliphatic carbocycles. The fraction of sp³-hybridized carbons (Fsp3) is 0.250. The van der Waals surface area contributed by atoms with Gasteiger partial charge in [0, 0.05) is 27.7 Å². The third-order valence-electron chi connectivity index (χ3n) is 4.15. The van der Waals surface area contributed by atoms with Crippen LogP contribution < -0.4 is 4.90 Å². The highest BCUT2D eigenvalue weighted by atomic mass is 32.1. The van der Waals surface area contributed by atoms with Crippen LogP contribution in [0.1, 0.15) is 33.9 Å². The fourth-order valence-electron chi connectivity index (χ4n) is 2.83. The lowest BCUT2D eigenvalue weighted by Crippen LogP contribution is -2.28. The second-order valence-electron chi connectivity index (χ2n) is 5.84. The summed E-state index contributed by atoms with van der Waals surface area (Å²) in [5.41, 5.74) is -0.00234. The molecule has 26 heavy (non-hydrogen) atoms. The average molecular weight is 377 g/mol. The Balaban J connectivity index is 1.75. The van der Waals surface area contributed by atoms with Gasteiger partial charge >= 0.3 is 0 Å². The quantitative estimate of drug-likeness (QED) is 0.679. The van der Waals surface area contributed by atoms with Gasteiger partial charge in [-0.1, -0.05) is 0 Å². The summed E-state index contributed by atoms with van der Waals surface area (Å²) < 4.78 is 0. The zero-order valence-corrected chi connectivity index (χ0v) is 15.7. The first-order chi connectivity index (χ1) is 12.7. The molecule has 1 aliphatic rings. The molecule has 4 nitrogen and oxygen atoms in total. The highest BCUT2D eigenvalue weighted by Crippen LogP contribution is 2.31. The summed E-state index contributed by atoms with van der Waals surface area (Å²) in [4.78, 5) is 5.26. The smallest absolute Gasteiger partial charge is 0.148 e. The maximum atomic E-state index is 9.23. The Kier molecular flexibility index (Phi) is 5.87.